The molecule has 1 aromatic heterocycles. The van der Waals surface area contributed by atoms with E-state index in [1.165, 1.54) is 9.80 Å². The third kappa shape index (κ3) is 7.77. The summed E-state index contributed by atoms with van der Waals surface area (Å²) >= 11 is 0. The molecule has 0 spiro atoms. The Morgan fingerprint density at radius 2 is 1.86 bits per heavy atom. The number of halogens is 1. The number of likely N-dealkylation sites (tertiary alicyclic amines) is 1. The van der Waals surface area contributed by atoms with Crippen molar-refractivity contribution in [2.75, 3.05) is 33.4 Å². The number of sulfonamides is 1. The summed E-state index contributed by atoms with van der Waals surface area (Å²) in [5.74, 6) is -0.536. The molecule has 2 N–H and O–H groups in total. The van der Waals surface area contributed by atoms with E-state index < -0.39 is 68.2 Å². The van der Waals surface area contributed by atoms with Gasteiger partial charge in [-0.25, -0.2) is 22.6 Å². The van der Waals surface area contributed by atoms with Gasteiger partial charge in [0.15, 0.2) is 5.78 Å². The number of pyridine rings is 1. The van der Waals surface area contributed by atoms with Crippen molar-refractivity contribution in [3.8, 4) is 17.4 Å². The van der Waals surface area contributed by atoms with Crippen LogP contribution in [0.15, 0.2) is 30.4 Å². The summed E-state index contributed by atoms with van der Waals surface area (Å²) in [6.45, 7) is 5.54. The van der Waals surface area contributed by atoms with Gasteiger partial charge in [-0.1, -0.05) is 25.0 Å². The van der Waals surface area contributed by atoms with Crippen molar-refractivity contribution in [3.05, 3.63) is 35.9 Å². The van der Waals surface area contributed by atoms with E-state index in [-0.39, 0.29) is 38.4 Å². The monoisotopic (exact) mass is 797 g/mol. The fourth-order valence-corrected chi connectivity index (χ4v) is 9.53. The highest BCUT2D eigenvalue weighted by molar-refractivity contribution is 7.91. The van der Waals surface area contributed by atoms with Gasteiger partial charge in [0, 0.05) is 29.9 Å². The predicted molar refractivity (Wildman–Crippen MR) is 205 cm³/mol. The maximum atomic E-state index is 14.6. The number of nitrogens with zero attached hydrogens (tertiary/aromatic N) is 3. The van der Waals surface area contributed by atoms with Gasteiger partial charge in [0.1, 0.15) is 29.8 Å². The lowest BCUT2D eigenvalue weighted by Gasteiger charge is -2.36. The van der Waals surface area contributed by atoms with Crippen LogP contribution in [0.4, 0.5) is 9.18 Å². The third-order valence-electron chi connectivity index (χ3n) is 12.2. The number of urea groups is 1. The number of nitrogens with one attached hydrogen (secondary N) is 2. The van der Waals surface area contributed by atoms with Crippen LogP contribution in [0.2, 0.25) is 0 Å². The normalized spacial score (nSPS) is 28.5. The number of Topliss-reactive ketones (excluding diaryl/α,β-unsaturated/α-hetero) is 1. The van der Waals surface area contributed by atoms with Crippen LogP contribution in [0.25, 0.3) is 10.9 Å². The van der Waals surface area contributed by atoms with Crippen LogP contribution in [0.1, 0.15) is 83.6 Å². The topological polar surface area (TPSA) is 174 Å². The van der Waals surface area contributed by atoms with Gasteiger partial charge in [-0.15, -0.1) is 0 Å². The summed E-state index contributed by atoms with van der Waals surface area (Å²) in [7, 11) is -2.40. The van der Waals surface area contributed by atoms with E-state index in [1.54, 1.807) is 20.1 Å². The Bertz CT molecular complexity index is 2030. The quantitative estimate of drug-likeness (QED) is 0.344. The smallest absolute Gasteiger partial charge is 0.318 e. The number of hydrogen-bond donors (Lipinski definition) is 2. The molecule has 4 fully saturated rings. The minimum atomic E-state index is -3.97. The summed E-state index contributed by atoms with van der Waals surface area (Å²) in [5.41, 5.74) is 0.0818. The van der Waals surface area contributed by atoms with Crippen LogP contribution in [-0.4, -0.2) is 109 Å². The van der Waals surface area contributed by atoms with E-state index in [2.05, 4.69) is 15.0 Å². The zero-order valence-electron chi connectivity index (χ0n) is 32.5. The molecule has 1 aromatic carbocycles. The lowest BCUT2D eigenvalue weighted by molar-refractivity contribution is -0.140. The van der Waals surface area contributed by atoms with Crippen LogP contribution in [0.5, 0.6) is 17.4 Å². The Kier molecular flexibility index (Phi) is 11.0. The summed E-state index contributed by atoms with van der Waals surface area (Å²) in [5, 5.41) is 3.50. The average molecular weight is 798 g/mol. The molecule has 0 unspecified atom stereocenters. The van der Waals surface area contributed by atoms with Crippen LogP contribution in [-0.2, 0) is 24.4 Å². The number of aromatic nitrogens is 1. The molecule has 2 saturated carbocycles. The third-order valence-corrected chi connectivity index (χ3v) is 14.4. The Morgan fingerprint density at radius 1 is 1.09 bits per heavy atom. The largest absolute Gasteiger partial charge is 0.496 e. The number of rotatable bonds is 9. The molecule has 0 bridgehead atoms. The lowest BCUT2D eigenvalue weighted by atomic mass is 9.91. The van der Waals surface area contributed by atoms with Crippen molar-refractivity contribution >= 4 is 44.6 Å². The number of carbonyl (C=O) groups is 4. The number of aryl methyl sites for hydroxylation is 1. The Balaban J connectivity index is 1.21. The zero-order chi connectivity index (χ0) is 40.0. The summed E-state index contributed by atoms with van der Waals surface area (Å²) in [6, 6.07) is 2.73. The van der Waals surface area contributed by atoms with Gasteiger partial charge in [0.05, 0.1) is 55.1 Å². The van der Waals surface area contributed by atoms with Crippen molar-refractivity contribution in [1.82, 2.24) is 24.8 Å². The highest BCUT2D eigenvalue weighted by Gasteiger charge is 2.62. The summed E-state index contributed by atoms with van der Waals surface area (Å²) in [4.78, 5) is 63.8. The second-order valence-corrected chi connectivity index (χ2v) is 18.4. The van der Waals surface area contributed by atoms with E-state index in [9.17, 15) is 32.0 Å². The number of ketones is 1. The van der Waals surface area contributed by atoms with Gasteiger partial charge in [-0.05, 0) is 77.3 Å². The highest BCUT2D eigenvalue weighted by atomic mass is 32.2. The van der Waals surface area contributed by atoms with Gasteiger partial charge >= 0.3 is 6.03 Å². The van der Waals surface area contributed by atoms with Crippen LogP contribution < -0.4 is 24.2 Å². The van der Waals surface area contributed by atoms with E-state index in [1.807, 2.05) is 38.1 Å². The lowest BCUT2D eigenvalue weighted by Crippen LogP contribution is -2.59. The SMILES string of the molecule is CCOc1cc(O[C@@H]2C[C@H]3C(=O)C[C@]4(C(=O)NS(=O)(=O)C5(C)CC5)C[C@@H]4/C=C\CCCCC[C@H](NC(=O)N4CC(F)C4)C(=O)N3C2)c2ccc(OC)c(C)c2n1. The maximum Gasteiger partial charge on any atom is 0.318 e. The predicted octanol–water partition coefficient (Wildman–Crippen LogP) is 4.52. The first-order valence-corrected chi connectivity index (χ1v) is 21.2. The number of fused-ring (bicyclic) bond motifs is 3. The second kappa shape index (κ2) is 15.5. The van der Waals surface area contributed by atoms with Crippen molar-refractivity contribution in [3.63, 3.8) is 0 Å². The Morgan fingerprint density at radius 3 is 2.55 bits per heavy atom. The van der Waals surface area contributed by atoms with E-state index >= 15 is 0 Å². The number of hydrogen-bond acceptors (Lipinski definition) is 10. The molecule has 3 aliphatic heterocycles. The minimum absolute atomic E-state index is 0.00391. The van der Waals surface area contributed by atoms with Crippen molar-refractivity contribution in [2.45, 2.75) is 114 Å². The van der Waals surface area contributed by atoms with Crippen molar-refractivity contribution < 1.29 is 46.2 Å². The second-order valence-electron chi connectivity index (χ2n) is 16.2. The molecule has 0 radical (unpaired) electrons. The van der Waals surface area contributed by atoms with Gasteiger partial charge in [0.25, 0.3) is 0 Å². The molecule has 16 heteroatoms. The molecule has 2 aliphatic carbocycles. The molecule has 14 nitrogen and oxygen atoms in total. The van der Waals surface area contributed by atoms with Gasteiger partial charge in [-0.2, -0.15) is 0 Å². The molecule has 2 saturated heterocycles. The van der Waals surface area contributed by atoms with Crippen molar-refractivity contribution in [1.29, 1.82) is 0 Å². The molecule has 5 aliphatic rings. The van der Waals surface area contributed by atoms with Crippen LogP contribution >= 0.6 is 0 Å². The van der Waals surface area contributed by atoms with Crippen LogP contribution in [0, 0.1) is 18.3 Å². The van der Waals surface area contributed by atoms with Gasteiger partial charge < -0.3 is 29.3 Å². The summed E-state index contributed by atoms with van der Waals surface area (Å²) < 4.78 is 59.4. The van der Waals surface area contributed by atoms with Gasteiger partial charge in [-0.3, -0.25) is 19.1 Å². The van der Waals surface area contributed by atoms with Crippen LogP contribution in [0.3, 0.4) is 0 Å². The number of ether oxygens (including phenoxy) is 3. The standard InChI is InChI=1S/C40H52FN5O9S/c1-5-54-34-18-33(28-13-14-32(53-4)24(2)35(28)43-34)55-27-17-30-31(47)20-40(37(49)44-56(51,52)39(3)15-16-39)19-25(40)11-9-7-6-8-10-12-29(36(48)46(30)23-27)42-38(50)45-21-26(41)22-45/h9,11,13-14,18,25-27,29-30H,5-8,10,12,15-17,19-23H2,1-4H3,(H,42,50)(H,44,49)/b11-9-/t25-,27+,29-,30-,40+/m0/s1. The number of allylic oxidation sites excluding steroid dienone is 2. The molecular weight excluding hydrogens is 746 g/mol. The molecule has 56 heavy (non-hydrogen) atoms. The maximum absolute atomic E-state index is 14.6. The average Bonchev–Trinajstić information content (AvgIpc) is 4.02. The Labute approximate surface area is 326 Å². The first-order chi connectivity index (χ1) is 26.7. The molecule has 4 heterocycles. The molecule has 7 rings (SSSR count). The number of benzene rings is 1. The zero-order valence-corrected chi connectivity index (χ0v) is 33.3. The minimum Gasteiger partial charge on any atom is -0.496 e. The first kappa shape index (κ1) is 39.8. The highest BCUT2D eigenvalue weighted by Crippen LogP contribution is 2.57. The number of carbonyl (C=O) groups excluding carboxylic acids is 4. The number of methoxy groups -OCH3 is 1. The van der Waals surface area contributed by atoms with E-state index in [0.29, 0.717) is 73.4 Å². The van der Waals surface area contributed by atoms with Crippen molar-refractivity contribution in [2.24, 2.45) is 11.3 Å². The van der Waals surface area contributed by atoms with Gasteiger partial charge in [0.2, 0.25) is 27.7 Å². The molecule has 5 atom stereocenters. The molecule has 4 amide bonds. The first-order valence-electron chi connectivity index (χ1n) is 19.7. The fourth-order valence-electron chi connectivity index (χ4n) is 8.20. The molecule has 2 aromatic rings. The number of alkyl halides is 1. The summed E-state index contributed by atoms with van der Waals surface area (Å²) in [6.07, 6.45) is 6.22. The van der Waals surface area contributed by atoms with E-state index in [0.717, 1.165) is 18.4 Å². The number of amides is 4. The Hall–Kier alpha value is -4.47. The molecule has 304 valence electrons. The molecular formula is C40H52FN5O9S. The fraction of sp³-hybridized carbons (Fsp3) is 0.625. The van der Waals surface area contributed by atoms with E-state index in [4.69, 9.17) is 14.2 Å².